The number of esters is 1. The van der Waals surface area contributed by atoms with E-state index in [9.17, 15) is 13.2 Å². The molecule has 0 bridgehead atoms. The van der Waals surface area contributed by atoms with Crippen molar-refractivity contribution < 1.29 is 17.9 Å². The highest BCUT2D eigenvalue weighted by atomic mass is 35.5. The first-order valence-corrected chi connectivity index (χ1v) is 6.80. The maximum Gasteiger partial charge on any atom is 0.339 e. The van der Waals surface area contributed by atoms with Crippen LogP contribution in [0.25, 0.3) is 0 Å². The van der Waals surface area contributed by atoms with E-state index in [-0.39, 0.29) is 29.4 Å². The zero-order chi connectivity index (χ0) is 13.8. The average molecular weight is 309 g/mol. The summed E-state index contributed by atoms with van der Waals surface area (Å²) in [6.07, 6.45) is 0. The van der Waals surface area contributed by atoms with Crippen molar-refractivity contribution in [2.24, 2.45) is 5.73 Å². The van der Waals surface area contributed by atoms with Gasteiger partial charge in [-0.25, -0.2) is 17.9 Å². The molecule has 0 aliphatic carbocycles. The number of benzene rings is 1. The molecule has 1 aromatic carbocycles. The summed E-state index contributed by atoms with van der Waals surface area (Å²) in [4.78, 5) is 11.4. The number of sulfonamides is 1. The smallest absolute Gasteiger partial charge is 0.339 e. The van der Waals surface area contributed by atoms with Crippen molar-refractivity contribution in [3.05, 3.63) is 29.8 Å². The molecule has 0 aliphatic heterocycles. The largest absolute Gasteiger partial charge is 0.465 e. The first-order valence-electron chi connectivity index (χ1n) is 5.32. The van der Waals surface area contributed by atoms with E-state index in [4.69, 9.17) is 5.73 Å². The fraction of sp³-hybridized carbons (Fsp3) is 0.364. The zero-order valence-corrected chi connectivity index (χ0v) is 12.3. The van der Waals surface area contributed by atoms with E-state index in [2.05, 4.69) is 9.46 Å². The summed E-state index contributed by atoms with van der Waals surface area (Å²) < 4.78 is 31.1. The quantitative estimate of drug-likeness (QED) is 0.773. The number of halogens is 1. The summed E-state index contributed by atoms with van der Waals surface area (Å²) in [7, 11) is -2.59. The zero-order valence-electron chi connectivity index (χ0n) is 10.6. The number of carbonyl (C=O) groups excluding carboxylic acids is 1. The van der Waals surface area contributed by atoms with E-state index < -0.39 is 22.0 Å². The number of nitrogens with two attached hydrogens (primary N) is 1. The second-order valence-electron chi connectivity index (χ2n) is 3.75. The van der Waals surface area contributed by atoms with Gasteiger partial charge in [0.25, 0.3) is 0 Å². The van der Waals surface area contributed by atoms with Gasteiger partial charge in [0.2, 0.25) is 10.0 Å². The third-order valence-corrected chi connectivity index (χ3v) is 3.94. The number of rotatable bonds is 5. The van der Waals surface area contributed by atoms with E-state index in [1.807, 2.05) is 0 Å². The maximum atomic E-state index is 12.1. The van der Waals surface area contributed by atoms with Crippen LogP contribution >= 0.6 is 12.4 Å². The van der Waals surface area contributed by atoms with Gasteiger partial charge >= 0.3 is 5.97 Å². The Balaban J connectivity index is 0.00000324. The van der Waals surface area contributed by atoms with E-state index in [1.54, 1.807) is 13.0 Å². The molecule has 0 aliphatic rings. The average Bonchev–Trinajstić information content (AvgIpc) is 2.37. The van der Waals surface area contributed by atoms with Gasteiger partial charge in [-0.3, -0.25) is 0 Å². The van der Waals surface area contributed by atoms with Gasteiger partial charge in [0.05, 0.1) is 17.6 Å². The van der Waals surface area contributed by atoms with Crippen molar-refractivity contribution in [2.75, 3.05) is 13.7 Å². The molecule has 0 amide bonds. The summed E-state index contributed by atoms with van der Waals surface area (Å²) >= 11 is 0. The van der Waals surface area contributed by atoms with Crippen LogP contribution in [0.4, 0.5) is 0 Å². The predicted molar refractivity (Wildman–Crippen MR) is 73.9 cm³/mol. The summed E-state index contributed by atoms with van der Waals surface area (Å²) in [5.41, 5.74) is 5.36. The lowest BCUT2D eigenvalue weighted by atomic mass is 10.2. The fourth-order valence-corrected chi connectivity index (χ4v) is 2.81. The van der Waals surface area contributed by atoms with Gasteiger partial charge in [-0.05, 0) is 19.1 Å². The van der Waals surface area contributed by atoms with Gasteiger partial charge in [-0.1, -0.05) is 12.1 Å². The topological polar surface area (TPSA) is 98.5 Å². The molecule has 0 spiro atoms. The van der Waals surface area contributed by atoms with E-state index in [0.717, 1.165) is 0 Å². The normalized spacial score (nSPS) is 12.4. The van der Waals surface area contributed by atoms with Gasteiger partial charge in [0.1, 0.15) is 0 Å². The van der Waals surface area contributed by atoms with Crippen LogP contribution in [0.2, 0.25) is 0 Å². The van der Waals surface area contributed by atoms with Gasteiger partial charge < -0.3 is 10.5 Å². The molecule has 8 heteroatoms. The highest BCUT2D eigenvalue weighted by molar-refractivity contribution is 7.89. The van der Waals surface area contributed by atoms with Crippen LogP contribution in [-0.2, 0) is 14.8 Å². The minimum Gasteiger partial charge on any atom is -0.465 e. The van der Waals surface area contributed by atoms with Gasteiger partial charge in [0.15, 0.2) is 0 Å². The highest BCUT2D eigenvalue weighted by Crippen LogP contribution is 2.16. The van der Waals surface area contributed by atoms with Crippen LogP contribution in [-0.4, -0.2) is 34.1 Å². The van der Waals surface area contributed by atoms with Crippen molar-refractivity contribution in [1.82, 2.24) is 4.72 Å². The van der Waals surface area contributed by atoms with Crippen LogP contribution in [0.5, 0.6) is 0 Å². The summed E-state index contributed by atoms with van der Waals surface area (Å²) in [5.74, 6) is -0.698. The Morgan fingerprint density at radius 2 is 2.00 bits per heavy atom. The number of carbonyl (C=O) groups is 1. The molecule has 0 saturated heterocycles. The molecule has 0 heterocycles. The van der Waals surface area contributed by atoms with Crippen molar-refractivity contribution in [1.29, 1.82) is 0 Å². The van der Waals surface area contributed by atoms with Crippen molar-refractivity contribution in [3.63, 3.8) is 0 Å². The molecule has 19 heavy (non-hydrogen) atoms. The van der Waals surface area contributed by atoms with E-state index in [0.29, 0.717) is 0 Å². The third kappa shape index (κ3) is 4.46. The highest BCUT2D eigenvalue weighted by Gasteiger charge is 2.23. The molecule has 1 atom stereocenters. The summed E-state index contributed by atoms with van der Waals surface area (Å²) in [5, 5.41) is 0. The van der Waals surface area contributed by atoms with Crippen molar-refractivity contribution in [3.8, 4) is 0 Å². The third-order valence-electron chi connectivity index (χ3n) is 2.29. The lowest BCUT2D eigenvalue weighted by Crippen LogP contribution is -2.38. The number of methoxy groups -OCH3 is 1. The number of hydrogen-bond donors (Lipinski definition) is 2. The maximum absolute atomic E-state index is 12.1. The molecule has 1 aromatic rings. The predicted octanol–water partition coefficient (Wildman–Crippen LogP) is 0.520. The lowest BCUT2D eigenvalue weighted by molar-refractivity contribution is 0.0596. The number of hydrogen-bond acceptors (Lipinski definition) is 5. The monoisotopic (exact) mass is 308 g/mol. The molecule has 0 unspecified atom stereocenters. The molecule has 6 nitrogen and oxygen atoms in total. The van der Waals surface area contributed by atoms with E-state index >= 15 is 0 Å². The molecule has 1 rings (SSSR count). The Labute approximate surface area is 118 Å². The minimum atomic E-state index is -3.79. The molecular formula is C11H17ClN2O4S. The van der Waals surface area contributed by atoms with Crippen LogP contribution in [0.15, 0.2) is 29.2 Å². The second-order valence-corrected chi connectivity index (χ2v) is 5.43. The summed E-state index contributed by atoms with van der Waals surface area (Å²) in [6.45, 7) is 1.80. The van der Waals surface area contributed by atoms with Gasteiger partial charge in [-0.15, -0.1) is 12.4 Å². The van der Waals surface area contributed by atoms with Crippen LogP contribution in [0, 0.1) is 0 Å². The molecule has 0 radical (unpaired) electrons. The Morgan fingerprint density at radius 1 is 1.42 bits per heavy atom. The molecule has 0 fully saturated rings. The SMILES string of the molecule is COC(=O)c1ccccc1S(=O)(=O)N[C@@H](C)CN.Cl. The van der Waals surface area contributed by atoms with Gasteiger partial charge in [-0.2, -0.15) is 0 Å². The Bertz CT molecular complexity index is 533. The minimum absolute atomic E-state index is 0. The lowest BCUT2D eigenvalue weighted by Gasteiger charge is -2.13. The fourth-order valence-electron chi connectivity index (χ4n) is 1.36. The number of nitrogens with one attached hydrogen (secondary N) is 1. The Morgan fingerprint density at radius 3 is 2.53 bits per heavy atom. The Hall–Kier alpha value is -1.15. The standard InChI is InChI=1S/C11H16N2O4S.ClH/c1-8(7-12)13-18(15,16)10-6-4-3-5-9(10)11(14)17-2;/h3-6,8,13H,7,12H2,1-2H3;1H/t8-;/m0./s1. The van der Waals surface area contributed by atoms with Crippen LogP contribution in [0.1, 0.15) is 17.3 Å². The summed E-state index contributed by atoms with van der Waals surface area (Å²) in [6, 6.07) is 5.43. The Kier molecular flexibility index (Phi) is 6.99. The van der Waals surface area contributed by atoms with Crippen LogP contribution < -0.4 is 10.5 Å². The molecule has 3 N–H and O–H groups in total. The first-order chi connectivity index (χ1) is 8.42. The van der Waals surface area contributed by atoms with Crippen molar-refractivity contribution in [2.45, 2.75) is 17.9 Å². The molecular weight excluding hydrogens is 292 g/mol. The molecule has 0 aromatic heterocycles. The van der Waals surface area contributed by atoms with Crippen molar-refractivity contribution >= 4 is 28.4 Å². The van der Waals surface area contributed by atoms with Crippen LogP contribution in [0.3, 0.4) is 0 Å². The second kappa shape index (κ2) is 7.44. The first kappa shape index (κ1) is 17.8. The van der Waals surface area contributed by atoms with Gasteiger partial charge in [0, 0.05) is 12.6 Å². The number of ether oxygens (including phenoxy) is 1. The molecule has 108 valence electrons. The molecule has 0 saturated carbocycles. The van der Waals surface area contributed by atoms with E-state index in [1.165, 1.54) is 25.3 Å².